The molecule has 5 nitrogen and oxygen atoms in total. The smallest absolute Gasteiger partial charge is 0.310 e. The zero-order chi connectivity index (χ0) is 13.0. The lowest BCUT2D eigenvalue weighted by atomic mass is 10.1. The van der Waals surface area contributed by atoms with Gasteiger partial charge in [0.1, 0.15) is 11.9 Å². The Balaban J connectivity index is 2.16. The van der Waals surface area contributed by atoms with Gasteiger partial charge in [0, 0.05) is 12.7 Å². The van der Waals surface area contributed by atoms with Gasteiger partial charge in [0.2, 0.25) is 0 Å². The van der Waals surface area contributed by atoms with Crippen LogP contribution in [0.5, 0.6) is 0 Å². The van der Waals surface area contributed by atoms with Crippen LogP contribution in [-0.2, 0) is 6.54 Å². The average molecular weight is 243 g/mol. The second kappa shape index (κ2) is 5.27. The van der Waals surface area contributed by atoms with Gasteiger partial charge in [0.05, 0.1) is 4.92 Å². The highest BCUT2D eigenvalue weighted by Gasteiger charge is 2.12. The number of rotatable bonds is 4. The molecule has 1 aromatic heterocycles. The first kappa shape index (κ1) is 12.0. The molecule has 0 atom stereocenters. The van der Waals surface area contributed by atoms with E-state index in [9.17, 15) is 10.1 Å². The number of anilines is 1. The molecule has 18 heavy (non-hydrogen) atoms. The number of hydrogen-bond acceptors (Lipinski definition) is 4. The third-order valence-electron chi connectivity index (χ3n) is 2.73. The van der Waals surface area contributed by atoms with Crippen molar-refractivity contribution >= 4 is 11.4 Å². The number of nitro groups is 1. The molecule has 2 rings (SSSR count). The van der Waals surface area contributed by atoms with Crippen LogP contribution >= 0.6 is 0 Å². The highest BCUT2D eigenvalue weighted by molar-refractivity contribution is 5.59. The summed E-state index contributed by atoms with van der Waals surface area (Å²) in [5, 5.41) is 13.9. The predicted octanol–water partition coefficient (Wildman–Crippen LogP) is 2.91. The van der Waals surface area contributed by atoms with Crippen molar-refractivity contribution in [2.45, 2.75) is 13.5 Å². The van der Waals surface area contributed by atoms with Crippen molar-refractivity contribution in [2.75, 3.05) is 5.32 Å². The molecule has 5 heteroatoms. The summed E-state index contributed by atoms with van der Waals surface area (Å²) in [6.07, 6.45) is 2.79. The SMILES string of the molecule is Cc1ccccc1CNc1ccncc1[N+](=O)[O-]. The maximum Gasteiger partial charge on any atom is 0.310 e. The van der Waals surface area contributed by atoms with E-state index in [1.54, 1.807) is 6.07 Å². The van der Waals surface area contributed by atoms with Crippen molar-refractivity contribution in [3.63, 3.8) is 0 Å². The number of benzene rings is 1. The Morgan fingerprint density at radius 3 is 2.83 bits per heavy atom. The second-order valence-corrected chi connectivity index (χ2v) is 3.93. The molecule has 0 unspecified atom stereocenters. The monoisotopic (exact) mass is 243 g/mol. The largest absolute Gasteiger partial charge is 0.375 e. The van der Waals surface area contributed by atoms with Gasteiger partial charge in [-0.3, -0.25) is 15.1 Å². The van der Waals surface area contributed by atoms with Crippen molar-refractivity contribution in [1.29, 1.82) is 0 Å². The minimum absolute atomic E-state index is 0.00826. The fourth-order valence-electron chi connectivity index (χ4n) is 1.68. The molecule has 0 aliphatic heterocycles. The molecular formula is C13H13N3O2. The van der Waals surface area contributed by atoms with Crippen LogP contribution in [0.1, 0.15) is 11.1 Å². The highest BCUT2D eigenvalue weighted by Crippen LogP contribution is 2.22. The molecule has 0 radical (unpaired) electrons. The lowest BCUT2D eigenvalue weighted by Crippen LogP contribution is -2.04. The van der Waals surface area contributed by atoms with Crippen molar-refractivity contribution in [3.8, 4) is 0 Å². The third kappa shape index (κ3) is 2.63. The number of aryl methyl sites for hydroxylation is 1. The number of pyridine rings is 1. The Morgan fingerprint density at radius 2 is 2.11 bits per heavy atom. The first-order valence-corrected chi connectivity index (χ1v) is 5.55. The zero-order valence-corrected chi connectivity index (χ0v) is 9.96. The van der Waals surface area contributed by atoms with Crippen LogP contribution in [0, 0.1) is 17.0 Å². The fraction of sp³-hybridized carbons (Fsp3) is 0.154. The molecule has 0 amide bonds. The fourth-order valence-corrected chi connectivity index (χ4v) is 1.68. The van der Waals surface area contributed by atoms with Crippen molar-refractivity contribution in [1.82, 2.24) is 4.98 Å². The first-order chi connectivity index (χ1) is 8.68. The molecule has 0 saturated heterocycles. The second-order valence-electron chi connectivity index (χ2n) is 3.93. The van der Waals surface area contributed by atoms with E-state index in [2.05, 4.69) is 10.3 Å². The molecule has 1 N–H and O–H groups in total. The molecule has 0 aliphatic rings. The molecule has 0 spiro atoms. The molecule has 0 aliphatic carbocycles. The van der Waals surface area contributed by atoms with Crippen molar-refractivity contribution in [2.24, 2.45) is 0 Å². The summed E-state index contributed by atoms with van der Waals surface area (Å²) in [5.74, 6) is 0. The highest BCUT2D eigenvalue weighted by atomic mass is 16.6. The number of aromatic nitrogens is 1. The Bertz CT molecular complexity index is 570. The van der Waals surface area contributed by atoms with E-state index in [1.165, 1.54) is 12.4 Å². The Hall–Kier alpha value is -2.43. The lowest BCUT2D eigenvalue weighted by Gasteiger charge is -2.08. The van der Waals surface area contributed by atoms with Gasteiger partial charge in [-0.05, 0) is 24.1 Å². The molecule has 2 aromatic rings. The Morgan fingerprint density at radius 1 is 1.33 bits per heavy atom. The quantitative estimate of drug-likeness (QED) is 0.662. The van der Waals surface area contributed by atoms with Gasteiger partial charge in [-0.15, -0.1) is 0 Å². The van der Waals surface area contributed by atoms with Crippen molar-refractivity contribution < 1.29 is 4.92 Å². The summed E-state index contributed by atoms with van der Waals surface area (Å²) in [4.78, 5) is 14.1. The maximum absolute atomic E-state index is 10.8. The van der Waals surface area contributed by atoms with E-state index in [-0.39, 0.29) is 5.69 Å². The normalized spacial score (nSPS) is 10.1. The molecule has 92 valence electrons. The molecule has 0 saturated carbocycles. The van der Waals surface area contributed by atoms with Gasteiger partial charge < -0.3 is 5.32 Å². The van der Waals surface area contributed by atoms with E-state index in [0.717, 1.165) is 11.1 Å². The summed E-state index contributed by atoms with van der Waals surface area (Å²) in [7, 11) is 0. The van der Waals surface area contributed by atoms with Crippen LogP contribution in [0.3, 0.4) is 0 Å². The number of hydrogen-bond donors (Lipinski definition) is 1. The van der Waals surface area contributed by atoms with Crippen LogP contribution in [0.4, 0.5) is 11.4 Å². The Kier molecular flexibility index (Phi) is 3.52. The van der Waals surface area contributed by atoms with Gasteiger partial charge in [-0.2, -0.15) is 0 Å². The van der Waals surface area contributed by atoms with Gasteiger partial charge in [-0.1, -0.05) is 24.3 Å². The summed E-state index contributed by atoms with van der Waals surface area (Å²) in [6, 6.07) is 9.53. The van der Waals surface area contributed by atoms with E-state index < -0.39 is 4.92 Å². The maximum atomic E-state index is 10.8. The average Bonchev–Trinajstić information content (AvgIpc) is 2.38. The van der Waals surface area contributed by atoms with Crippen LogP contribution < -0.4 is 5.32 Å². The molecule has 1 heterocycles. The first-order valence-electron chi connectivity index (χ1n) is 5.55. The van der Waals surface area contributed by atoms with E-state index >= 15 is 0 Å². The van der Waals surface area contributed by atoms with Gasteiger partial charge in [0.25, 0.3) is 0 Å². The predicted molar refractivity (Wildman–Crippen MR) is 69.4 cm³/mol. The molecule has 1 aromatic carbocycles. The number of nitrogens with zero attached hydrogens (tertiary/aromatic N) is 2. The summed E-state index contributed by atoms with van der Waals surface area (Å²) in [6.45, 7) is 2.56. The molecular weight excluding hydrogens is 230 g/mol. The van der Waals surface area contributed by atoms with Gasteiger partial charge in [-0.25, -0.2) is 0 Å². The third-order valence-corrected chi connectivity index (χ3v) is 2.73. The van der Waals surface area contributed by atoms with Crippen LogP contribution in [0.15, 0.2) is 42.7 Å². The summed E-state index contributed by atoms with van der Waals surface area (Å²) >= 11 is 0. The molecule has 0 fully saturated rings. The lowest BCUT2D eigenvalue weighted by molar-refractivity contribution is -0.384. The minimum atomic E-state index is -0.437. The Labute approximate surface area is 105 Å². The number of nitrogens with one attached hydrogen (secondary N) is 1. The standard InChI is InChI=1S/C13H13N3O2/c1-10-4-2-3-5-11(10)8-15-12-6-7-14-9-13(12)16(17)18/h2-7,9H,8H2,1H3,(H,14,15). The van der Waals surface area contributed by atoms with E-state index in [0.29, 0.717) is 12.2 Å². The minimum Gasteiger partial charge on any atom is -0.375 e. The topological polar surface area (TPSA) is 68.1 Å². The van der Waals surface area contributed by atoms with Crippen LogP contribution in [-0.4, -0.2) is 9.91 Å². The van der Waals surface area contributed by atoms with E-state index in [1.807, 2.05) is 31.2 Å². The summed E-state index contributed by atoms with van der Waals surface area (Å²) < 4.78 is 0. The van der Waals surface area contributed by atoms with Crippen LogP contribution in [0.25, 0.3) is 0 Å². The summed E-state index contributed by atoms with van der Waals surface area (Å²) in [5.41, 5.74) is 2.75. The van der Waals surface area contributed by atoms with Crippen LogP contribution in [0.2, 0.25) is 0 Å². The van der Waals surface area contributed by atoms with Gasteiger partial charge in [0.15, 0.2) is 0 Å². The van der Waals surface area contributed by atoms with E-state index in [4.69, 9.17) is 0 Å². The molecule has 0 bridgehead atoms. The zero-order valence-electron chi connectivity index (χ0n) is 9.96. The van der Waals surface area contributed by atoms with Gasteiger partial charge >= 0.3 is 5.69 Å². The van der Waals surface area contributed by atoms with Crippen molar-refractivity contribution in [3.05, 3.63) is 64.0 Å².